The van der Waals surface area contributed by atoms with Crippen LogP contribution in [0.2, 0.25) is 0 Å². The Bertz CT molecular complexity index is 1930. The van der Waals surface area contributed by atoms with Gasteiger partial charge in [0.15, 0.2) is 0 Å². The van der Waals surface area contributed by atoms with Gasteiger partial charge in [-0.25, -0.2) is 4.99 Å². The van der Waals surface area contributed by atoms with Crippen LogP contribution in [0.1, 0.15) is 33.4 Å². The number of rotatable bonds is 10. The lowest BCUT2D eigenvalue weighted by Gasteiger charge is -2.42. The largest absolute Gasteiger partial charge is 0.378 e. The van der Waals surface area contributed by atoms with Crippen LogP contribution in [0, 0.1) is 0 Å². The third-order valence-electron chi connectivity index (χ3n) is 9.22. The maximum atomic E-state index is 5.45. The molecule has 0 atom stereocenters. The Balaban J connectivity index is 1.52. The molecule has 0 fully saturated rings. The first-order valence-electron chi connectivity index (χ1n) is 16.8. The van der Waals surface area contributed by atoms with Crippen LogP contribution in [0.15, 0.2) is 163 Å². The van der Waals surface area contributed by atoms with Crippen molar-refractivity contribution < 1.29 is 0 Å². The van der Waals surface area contributed by atoms with Crippen molar-refractivity contribution in [1.82, 2.24) is 0 Å². The van der Waals surface area contributed by atoms with Gasteiger partial charge in [-0.2, -0.15) is 0 Å². The predicted molar refractivity (Wildman–Crippen MR) is 211 cm³/mol. The van der Waals surface area contributed by atoms with E-state index in [0.29, 0.717) is 0 Å². The molecule has 1 heterocycles. The first-order chi connectivity index (χ1) is 23.9. The smallest absolute Gasteiger partial charge is 0.105 e. The Labute approximate surface area is 295 Å². The van der Waals surface area contributed by atoms with Crippen LogP contribution < -0.4 is 14.7 Å². The van der Waals surface area contributed by atoms with E-state index in [2.05, 4.69) is 201 Å². The predicted octanol–water partition coefficient (Wildman–Crippen LogP) is 10.1. The molecule has 0 saturated heterocycles. The second kappa shape index (κ2) is 14.1. The van der Waals surface area contributed by atoms with Gasteiger partial charge in [-0.05, 0) is 58.7 Å². The van der Waals surface area contributed by atoms with E-state index in [1.54, 1.807) is 0 Å². The topological polar surface area (TPSA) is 22.1 Å². The van der Waals surface area contributed by atoms with E-state index in [0.717, 1.165) is 29.4 Å². The van der Waals surface area contributed by atoms with Crippen LogP contribution in [0.25, 0.3) is 0 Å². The maximum Gasteiger partial charge on any atom is 0.105 e. The minimum absolute atomic E-state index is 0.597. The molecule has 7 rings (SSSR count). The molecule has 0 radical (unpaired) electrons. The summed E-state index contributed by atoms with van der Waals surface area (Å²) in [4.78, 5) is 12.3. The molecule has 0 amide bonds. The number of anilines is 3. The molecule has 0 aromatic heterocycles. The second-order valence-electron chi connectivity index (χ2n) is 12.9. The standard InChI is InChI=1S/C44H42N4S/c1-46(2)38-27-23-36(24-28-38)44(37-25-29-39(30-26-37)47(3)4)42-40(45-43(49-44)35-19-12-7-13-20-35)21-14-22-41(42)48(31-33-15-8-5-9-16-33)32-34-17-10-6-11-18-34/h5-30H,31-32H2,1-4H3. The van der Waals surface area contributed by atoms with E-state index in [4.69, 9.17) is 4.99 Å². The van der Waals surface area contributed by atoms with E-state index in [1.807, 2.05) is 11.8 Å². The average Bonchev–Trinajstić information content (AvgIpc) is 3.15. The quantitative estimate of drug-likeness (QED) is 0.146. The lowest BCUT2D eigenvalue weighted by molar-refractivity contribution is 0.779. The summed E-state index contributed by atoms with van der Waals surface area (Å²) < 4.78 is -0.597. The molecule has 0 bridgehead atoms. The maximum absolute atomic E-state index is 5.45. The molecular formula is C44H42N4S. The van der Waals surface area contributed by atoms with E-state index in [9.17, 15) is 0 Å². The lowest BCUT2D eigenvalue weighted by atomic mass is 9.81. The van der Waals surface area contributed by atoms with Crippen LogP contribution in [0.3, 0.4) is 0 Å². The second-order valence-corrected chi connectivity index (χ2v) is 14.2. The molecule has 6 aromatic carbocycles. The van der Waals surface area contributed by atoms with Crippen molar-refractivity contribution in [3.05, 3.63) is 191 Å². The van der Waals surface area contributed by atoms with Gasteiger partial charge in [-0.15, -0.1) is 0 Å². The fraction of sp³-hybridized carbons (Fsp3) is 0.159. The summed E-state index contributed by atoms with van der Waals surface area (Å²) >= 11 is 1.85. The number of aliphatic imine (C=N–C) groups is 1. The molecule has 6 aromatic rings. The van der Waals surface area contributed by atoms with E-state index in [1.165, 1.54) is 44.9 Å². The van der Waals surface area contributed by atoms with Crippen molar-refractivity contribution in [1.29, 1.82) is 0 Å². The molecule has 49 heavy (non-hydrogen) atoms. The van der Waals surface area contributed by atoms with Crippen LogP contribution in [-0.2, 0) is 17.8 Å². The Morgan fingerprint density at radius 3 is 1.45 bits per heavy atom. The molecular weight excluding hydrogens is 617 g/mol. The molecule has 0 saturated carbocycles. The molecule has 0 N–H and O–H groups in total. The summed E-state index contributed by atoms with van der Waals surface area (Å²) in [6, 6.07) is 57.1. The molecule has 244 valence electrons. The molecule has 0 aliphatic carbocycles. The van der Waals surface area contributed by atoms with Gasteiger partial charge in [0, 0.05) is 69.5 Å². The Morgan fingerprint density at radius 2 is 0.980 bits per heavy atom. The SMILES string of the molecule is CN(C)c1ccc(C2(c3ccc(N(C)C)cc3)SC(c3ccccc3)=Nc3cccc(N(Cc4ccccc4)Cc4ccccc4)c32)cc1. The first kappa shape index (κ1) is 32.3. The van der Waals surface area contributed by atoms with Crippen molar-refractivity contribution in [3.63, 3.8) is 0 Å². The number of benzene rings is 6. The number of hydrogen-bond acceptors (Lipinski definition) is 5. The van der Waals surface area contributed by atoms with Crippen LogP contribution in [0.4, 0.5) is 22.7 Å². The average molecular weight is 659 g/mol. The van der Waals surface area contributed by atoms with Gasteiger partial charge in [0.25, 0.3) is 0 Å². The van der Waals surface area contributed by atoms with Crippen LogP contribution >= 0.6 is 11.8 Å². The summed E-state index contributed by atoms with van der Waals surface area (Å²) in [5.74, 6) is 0. The number of hydrogen-bond donors (Lipinski definition) is 0. The van der Waals surface area contributed by atoms with Crippen molar-refractivity contribution in [2.75, 3.05) is 42.9 Å². The summed E-state index contributed by atoms with van der Waals surface area (Å²) in [7, 11) is 8.38. The van der Waals surface area contributed by atoms with Crippen LogP contribution in [-0.4, -0.2) is 33.2 Å². The molecule has 5 heteroatoms. The third-order valence-corrected chi connectivity index (χ3v) is 10.7. The highest BCUT2D eigenvalue weighted by Gasteiger charge is 2.45. The zero-order chi connectivity index (χ0) is 33.8. The minimum Gasteiger partial charge on any atom is -0.378 e. The van der Waals surface area contributed by atoms with E-state index >= 15 is 0 Å². The highest BCUT2D eigenvalue weighted by atomic mass is 32.2. The fourth-order valence-corrected chi connectivity index (χ4v) is 8.18. The van der Waals surface area contributed by atoms with E-state index in [-0.39, 0.29) is 0 Å². The Kier molecular flexibility index (Phi) is 9.28. The zero-order valence-corrected chi connectivity index (χ0v) is 29.4. The third kappa shape index (κ3) is 6.59. The van der Waals surface area contributed by atoms with Crippen LogP contribution in [0.5, 0.6) is 0 Å². The molecule has 4 nitrogen and oxygen atoms in total. The van der Waals surface area contributed by atoms with Crippen molar-refractivity contribution in [2.24, 2.45) is 4.99 Å². The monoisotopic (exact) mass is 658 g/mol. The molecule has 0 unspecified atom stereocenters. The molecule has 1 aliphatic rings. The summed E-state index contributed by atoms with van der Waals surface area (Å²) in [5.41, 5.74) is 11.8. The minimum atomic E-state index is -0.597. The van der Waals surface area contributed by atoms with Gasteiger partial charge >= 0.3 is 0 Å². The highest BCUT2D eigenvalue weighted by molar-refractivity contribution is 8.15. The zero-order valence-electron chi connectivity index (χ0n) is 28.6. The molecule has 0 spiro atoms. The van der Waals surface area contributed by atoms with E-state index < -0.39 is 4.75 Å². The highest BCUT2D eigenvalue weighted by Crippen LogP contribution is 2.58. The molecule has 1 aliphatic heterocycles. The lowest BCUT2D eigenvalue weighted by Crippen LogP contribution is -2.34. The number of thioether (sulfide) groups is 1. The van der Waals surface area contributed by atoms with Gasteiger partial charge < -0.3 is 14.7 Å². The van der Waals surface area contributed by atoms with Crippen molar-refractivity contribution in [2.45, 2.75) is 17.8 Å². The number of fused-ring (bicyclic) bond motifs is 1. The van der Waals surface area contributed by atoms with Gasteiger partial charge in [0.2, 0.25) is 0 Å². The summed E-state index contributed by atoms with van der Waals surface area (Å²) in [6.07, 6.45) is 0. The number of nitrogens with zero attached hydrogens (tertiary/aromatic N) is 4. The van der Waals surface area contributed by atoms with Gasteiger partial charge in [0.1, 0.15) is 9.79 Å². The van der Waals surface area contributed by atoms with Crippen molar-refractivity contribution >= 4 is 39.6 Å². The normalized spacial score (nSPS) is 13.3. The first-order valence-corrected chi connectivity index (χ1v) is 17.6. The summed E-state index contributed by atoms with van der Waals surface area (Å²) in [5, 5.41) is 1.01. The summed E-state index contributed by atoms with van der Waals surface area (Å²) in [6.45, 7) is 1.53. The Hall–Kier alpha value is -5.26. The van der Waals surface area contributed by atoms with Crippen molar-refractivity contribution in [3.8, 4) is 0 Å². The van der Waals surface area contributed by atoms with Gasteiger partial charge in [-0.1, -0.05) is 133 Å². The Morgan fingerprint density at radius 1 is 0.510 bits per heavy atom. The van der Waals surface area contributed by atoms with Gasteiger partial charge in [0.05, 0.1) is 5.69 Å². The van der Waals surface area contributed by atoms with Gasteiger partial charge in [-0.3, -0.25) is 0 Å². The fourth-order valence-electron chi connectivity index (χ4n) is 6.67.